The summed E-state index contributed by atoms with van der Waals surface area (Å²) in [5.41, 5.74) is 0.463. The van der Waals surface area contributed by atoms with Gasteiger partial charge < -0.3 is 18.9 Å². The maximum absolute atomic E-state index is 14.0. The molecule has 0 aromatic heterocycles. The van der Waals surface area contributed by atoms with Gasteiger partial charge in [-0.3, -0.25) is 0 Å². The zero-order valence-electron chi connectivity index (χ0n) is 15.8. The Kier molecular flexibility index (Phi) is 6.23. The quantitative estimate of drug-likeness (QED) is 0.526. The zero-order valence-corrected chi connectivity index (χ0v) is 15.8. The third-order valence-corrected chi connectivity index (χ3v) is 3.89. The highest BCUT2D eigenvalue weighted by Gasteiger charge is 2.26. The summed E-state index contributed by atoms with van der Waals surface area (Å²) in [5, 5.41) is 0. The molecule has 2 aromatic carbocycles. The van der Waals surface area contributed by atoms with Crippen LogP contribution in [0.15, 0.2) is 53.2 Å². The molecule has 0 amide bonds. The van der Waals surface area contributed by atoms with Crippen molar-refractivity contribution in [3.63, 3.8) is 0 Å². The summed E-state index contributed by atoms with van der Waals surface area (Å²) in [5.74, 6) is -1.37. The van der Waals surface area contributed by atoms with Gasteiger partial charge in [-0.2, -0.15) is 0 Å². The number of rotatable bonds is 7. The second kappa shape index (κ2) is 9.01. The highest BCUT2D eigenvalue weighted by Crippen LogP contribution is 2.33. The van der Waals surface area contributed by atoms with Gasteiger partial charge in [-0.1, -0.05) is 24.3 Å². The third kappa shape index (κ3) is 4.60. The van der Waals surface area contributed by atoms with Gasteiger partial charge in [0.15, 0.2) is 23.8 Å². The van der Waals surface area contributed by atoms with Gasteiger partial charge in [0, 0.05) is 5.56 Å². The lowest BCUT2D eigenvalue weighted by Crippen LogP contribution is -2.15. The fourth-order valence-electron chi connectivity index (χ4n) is 2.60. The van der Waals surface area contributed by atoms with E-state index in [0.29, 0.717) is 11.3 Å². The van der Waals surface area contributed by atoms with Crippen LogP contribution in [0.5, 0.6) is 11.5 Å². The molecule has 0 radical (unpaired) electrons. The maximum Gasteiger partial charge on any atom is 0.363 e. The van der Waals surface area contributed by atoms with Crippen LogP contribution in [0.2, 0.25) is 0 Å². The first kappa shape index (κ1) is 20.1. The molecule has 0 saturated heterocycles. The number of aliphatic imine (C=N–C) groups is 1. The van der Waals surface area contributed by atoms with Gasteiger partial charge in [-0.25, -0.2) is 19.0 Å². The van der Waals surface area contributed by atoms with Crippen LogP contribution in [-0.4, -0.2) is 38.2 Å². The van der Waals surface area contributed by atoms with Gasteiger partial charge in [0.1, 0.15) is 5.82 Å². The molecule has 0 spiro atoms. The number of nitrogens with zero attached hydrogens (tertiary/aromatic N) is 1. The van der Waals surface area contributed by atoms with E-state index in [9.17, 15) is 14.0 Å². The van der Waals surface area contributed by atoms with Crippen LogP contribution in [-0.2, 0) is 19.1 Å². The van der Waals surface area contributed by atoms with E-state index in [4.69, 9.17) is 18.9 Å². The molecule has 150 valence electrons. The molecule has 0 fully saturated rings. The summed E-state index contributed by atoms with van der Waals surface area (Å²) in [6.07, 6.45) is 1.42. The van der Waals surface area contributed by atoms with Crippen molar-refractivity contribution in [1.29, 1.82) is 0 Å². The Hall–Kier alpha value is -3.68. The molecule has 0 N–H and O–H groups in total. The van der Waals surface area contributed by atoms with E-state index in [2.05, 4.69) is 4.99 Å². The number of carbonyl (C=O) groups is 2. The molecule has 1 aliphatic heterocycles. The Balaban J connectivity index is 1.94. The van der Waals surface area contributed by atoms with Crippen LogP contribution in [0.4, 0.5) is 4.39 Å². The van der Waals surface area contributed by atoms with E-state index in [1.165, 1.54) is 31.4 Å². The van der Waals surface area contributed by atoms with Crippen LogP contribution in [0, 0.1) is 5.82 Å². The lowest BCUT2D eigenvalue weighted by atomic mass is 10.1. The molecule has 29 heavy (non-hydrogen) atoms. The normalized spacial score (nSPS) is 14.4. The molecule has 0 saturated carbocycles. The number of cyclic esters (lactones) is 1. The van der Waals surface area contributed by atoms with Gasteiger partial charge in [0.05, 0.1) is 19.3 Å². The first-order chi connectivity index (χ1) is 14.0. The van der Waals surface area contributed by atoms with Crippen molar-refractivity contribution in [3.05, 3.63) is 65.1 Å². The fourth-order valence-corrected chi connectivity index (χ4v) is 2.60. The van der Waals surface area contributed by atoms with Gasteiger partial charge in [-0.05, 0) is 31.2 Å². The number of esters is 2. The van der Waals surface area contributed by atoms with Crippen molar-refractivity contribution >= 4 is 23.9 Å². The second-order valence-corrected chi connectivity index (χ2v) is 5.79. The third-order valence-electron chi connectivity index (χ3n) is 3.89. The molecule has 2 aromatic rings. The lowest BCUT2D eigenvalue weighted by molar-refractivity contribution is -0.145. The van der Waals surface area contributed by atoms with E-state index in [0.717, 1.165) is 0 Å². The minimum absolute atomic E-state index is 0.0440. The van der Waals surface area contributed by atoms with Gasteiger partial charge in [0.25, 0.3) is 0 Å². The molecule has 0 unspecified atom stereocenters. The summed E-state index contributed by atoms with van der Waals surface area (Å²) in [7, 11) is 1.45. The molecule has 8 heteroatoms. The highest BCUT2D eigenvalue weighted by molar-refractivity contribution is 6.13. The summed E-state index contributed by atoms with van der Waals surface area (Å²) in [6, 6.07) is 10.8. The van der Waals surface area contributed by atoms with E-state index in [1.54, 1.807) is 31.2 Å². The fraction of sp³-hybridized carbons (Fsp3) is 0.190. The number of carbonyl (C=O) groups excluding carboxylic acids is 2. The Morgan fingerprint density at radius 1 is 1.21 bits per heavy atom. The summed E-state index contributed by atoms with van der Waals surface area (Å²) < 4.78 is 34.7. The van der Waals surface area contributed by atoms with Crippen molar-refractivity contribution in [2.75, 3.05) is 20.3 Å². The minimum atomic E-state index is -0.734. The number of para-hydroxylation sites is 1. The summed E-state index contributed by atoms with van der Waals surface area (Å²) in [6.45, 7) is 1.58. The summed E-state index contributed by atoms with van der Waals surface area (Å²) >= 11 is 0. The lowest BCUT2D eigenvalue weighted by Gasteiger charge is -2.12. The molecule has 1 aliphatic rings. The highest BCUT2D eigenvalue weighted by atomic mass is 19.1. The Morgan fingerprint density at radius 3 is 2.72 bits per heavy atom. The molecule has 7 nitrogen and oxygen atoms in total. The van der Waals surface area contributed by atoms with Crippen LogP contribution in [0.25, 0.3) is 6.08 Å². The monoisotopic (exact) mass is 399 g/mol. The molecule has 0 aliphatic carbocycles. The zero-order chi connectivity index (χ0) is 20.8. The number of benzene rings is 2. The molecular formula is C21H18FNO6. The predicted molar refractivity (Wildman–Crippen MR) is 102 cm³/mol. The van der Waals surface area contributed by atoms with Gasteiger partial charge in [0.2, 0.25) is 5.90 Å². The van der Waals surface area contributed by atoms with Crippen molar-refractivity contribution < 1.29 is 32.9 Å². The Bertz CT molecular complexity index is 998. The predicted octanol–water partition coefficient (Wildman–Crippen LogP) is 3.12. The van der Waals surface area contributed by atoms with Crippen LogP contribution >= 0.6 is 0 Å². The van der Waals surface area contributed by atoms with Crippen molar-refractivity contribution in [2.24, 2.45) is 4.99 Å². The maximum atomic E-state index is 14.0. The van der Waals surface area contributed by atoms with Crippen molar-refractivity contribution in [3.8, 4) is 11.5 Å². The van der Waals surface area contributed by atoms with E-state index >= 15 is 0 Å². The number of hydrogen-bond acceptors (Lipinski definition) is 7. The first-order valence-electron chi connectivity index (χ1n) is 8.76. The van der Waals surface area contributed by atoms with Crippen LogP contribution < -0.4 is 9.47 Å². The number of hydrogen-bond donors (Lipinski definition) is 0. The number of ether oxygens (including phenoxy) is 4. The van der Waals surface area contributed by atoms with Crippen LogP contribution in [0.1, 0.15) is 18.1 Å². The number of halogens is 1. The average Bonchev–Trinajstić information content (AvgIpc) is 3.07. The Labute approximate surface area is 166 Å². The topological polar surface area (TPSA) is 83.4 Å². The number of methoxy groups -OCH3 is 1. The second-order valence-electron chi connectivity index (χ2n) is 5.79. The van der Waals surface area contributed by atoms with Crippen molar-refractivity contribution in [1.82, 2.24) is 0 Å². The smallest absolute Gasteiger partial charge is 0.363 e. The van der Waals surface area contributed by atoms with Gasteiger partial charge in [-0.15, -0.1) is 0 Å². The molecule has 3 rings (SSSR count). The minimum Gasteiger partial charge on any atom is -0.493 e. The SMILES string of the molecule is CCOC(=O)COc1c(/C=C2\N=C(c3ccccc3F)OC2=O)cccc1OC. The largest absolute Gasteiger partial charge is 0.493 e. The van der Waals surface area contributed by atoms with Gasteiger partial charge >= 0.3 is 11.9 Å². The average molecular weight is 399 g/mol. The first-order valence-corrected chi connectivity index (χ1v) is 8.76. The van der Waals surface area contributed by atoms with Crippen molar-refractivity contribution in [2.45, 2.75) is 6.92 Å². The van der Waals surface area contributed by atoms with Crippen LogP contribution in [0.3, 0.4) is 0 Å². The molecule has 0 atom stereocenters. The Morgan fingerprint density at radius 2 is 2.00 bits per heavy atom. The molecule has 1 heterocycles. The van der Waals surface area contributed by atoms with E-state index < -0.39 is 17.8 Å². The summed E-state index contributed by atoms with van der Waals surface area (Å²) in [4.78, 5) is 27.9. The standard InChI is InChI=1S/C21H18FNO6/c1-3-27-18(24)12-28-19-13(7-6-10-17(19)26-2)11-16-21(25)29-20(23-16)14-8-4-5-9-15(14)22/h4-11H,3,12H2,1-2H3/b16-11-. The van der Waals surface area contributed by atoms with E-state index in [-0.39, 0.29) is 36.1 Å². The molecule has 0 bridgehead atoms. The molecular weight excluding hydrogens is 381 g/mol. The van der Waals surface area contributed by atoms with E-state index in [1.807, 2.05) is 0 Å².